The summed E-state index contributed by atoms with van der Waals surface area (Å²) in [6, 6.07) is 15.0. The number of hydrogen-bond acceptors (Lipinski definition) is 8. The summed E-state index contributed by atoms with van der Waals surface area (Å²) in [4.78, 5) is 37.4. The number of nitriles is 1. The standard InChI is InChI=1S/C36H29ClF2N6O5/c37-25-15-30(34(46)44-36(19-40)8-2-9-36)41-16-22(25)18-50-33-4-1-3-28(43-33)24-14-26(38)21(11-27(24)39)13-32-42-29-6-5-20(35(47)48)12-31(29)45(32)17-23-7-10-49-23/h1,3-6,11-12,14-16,23H,2,7-10,13,17-18H2,(H,44,46)(H,47,48). The highest BCUT2D eigenvalue weighted by atomic mass is 35.5. The van der Waals surface area contributed by atoms with Gasteiger partial charge in [0, 0.05) is 36.4 Å². The van der Waals surface area contributed by atoms with Gasteiger partial charge in [-0.3, -0.25) is 9.78 Å². The van der Waals surface area contributed by atoms with Crippen molar-refractivity contribution in [3.05, 3.63) is 106 Å². The number of pyridine rings is 2. The fourth-order valence-electron chi connectivity index (χ4n) is 5.93. The lowest BCUT2D eigenvalue weighted by molar-refractivity contribution is -0.0589. The van der Waals surface area contributed by atoms with Crippen LogP contribution in [-0.2, 0) is 24.3 Å². The van der Waals surface area contributed by atoms with Crippen molar-refractivity contribution >= 4 is 34.5 Å². The van der Waals surface area contributed by atoms with Crippen molar-refractivity contribution in [3.8, 4) is 23.2 Å². The third kappa shape index (κ3) is 6.59. The molecule has 11 nitrogen and oxygen atoms in total. The minimum Gasteiger partial charge on any atom is -0.478 e. The highest BCUT2D eigenvalue weighted by Crippen LogP contribution is 2.32. The zero-order valence-electron chi connectivity index (χ0n) is 26.5. The number of aromatic carboxylic acids is 1. The van der Waals surface area contributed by atoms with Gasteiger partial charge in [-0.05, 0) is 73.7 Å². The van der Waals surface area contributed by atoms with Gasteiger partial charge in [0.05, 0.1) is 46.0 Å². The molecular formula is C36H29ClF2N6O5. The molecule has 1 saturated heterocycles. The lowest BCUT2D eigenvalue weighted by atomic mass is 9.78. The molecule has 1 aliphatic heterocycles. The predicted molar refractivity (Wildman–Crippen MR) is 177 cm³/mol. The molecule has 14 heteroatoms. The number of carboxylic acid groups (broad SMARTS) is 1. The number of imidazole rings is 1. The molecule has 0 radical (unpaired) electrons. The monoisotopic (exact) mass is 698 g/mol. The SMILES string of the molecule is N#CC1(NC(=O)c2cc(Cl)c(COc3cccc(-c4cc(F)c(Cc5nc6ccc(C(=O)O)cc6n5CC5CCO5)cc4F)n3)cn2)CCC1. The van der Waals surface area contributed by atoms with Crippen molar-refractivity contribution in [1.82, 2.24) is 24.8 Å². The zero-order valence-corrected chi connectivity index (χ0v) is 27.2. The average molecular weight is 699 g/mol. The first kappa shape index (κ1) is 33.1. The Bertz CT molecular complexity index is 2190. The first-order valence-corrected chi connectivity index (χ1v) is 16.3. The first-order chi connectivity index (χ1) is 24.1. The molecule has 2 N–H and O–H groups in total. The Balaban J connectivity index is 1.07. The second-order valence-electron chi connectivity index (χ2n) is 12.3. The number of ether oxygens (including phenoxy) is 2. The molecule has 1 unspecified atom stereocenters. The number of carboxylic acids is 1. The maximum absolute atomic E-state index is 15.6. The second kappa shape index (κ2) is 13.5. The Morgan fingerprint density at radius 1 is 1.12 bits per heavy atom. The van der Waals surface area contributed by atoms with Crippen LogP contribution in [0.2, 0.25) is 5.02 Å². The molecular weight excluding hydrogens is 670 g/mol. The summed E-state index contributed by atoms with van der Waals surface area (Å²) < 4.78 is 44.4. The highest BCUT2D eigenvalue weighted by Gasteiger charge is 2.39. The molecule has 2 aromatic carbocycles. The van der Waals surface area contributed by atoms with E-state index < -0.39 is 29.0 Å². The van der Waals surface area contributed by atoms with Crippen LogP contribution in [0, 0.1) is 23.0 Å². The first-order valence-electron chi connectivity index (χ1n) is 15.9. The number of halogens is 3. The maximum atomic E-state index is 15.6. The van der Waals surface area contributed by atoms with Crippen LogP contribution < -0.4 is 10.1 Å². The van der Waals surface area contributed by atoms with Crippen LogP contribution in [0.15, 0.2) is 60.8 Å². The number of benzene rings is 2. The van der Waals surface area contributed by atoms with Crippen molar-refractivity contribution in [2.75, 3.05) is 6.61 Å². The Morgan fingerprint density at radius 3 is 2.62 bits per heavy atom. The Labute approximate surface area is 289 Å². The van der Waals surface area contributed by atoms with E-state index in [9.17, 15) is 20.0 Å². The van der Waals surface area contributed by atoms with E-state index in [1.165, 1.54) is 30.5 Å². The van der Waals surface area contributed by atoms with Gasteiger partial charge < -0.3 is 24.5 Å². The van der Waals surface area contributed by atoms with E-state index in [0.29, 0.717) is 48.4 Å². The molecule has 7 rings (SSSR count). The van der Waals surface area contributed by atoms with Gasteiger partial charge >= 0.3 is 5.97 Å². The third-order valence-electron chi connectivity index (χ3n) is 9.05. The van der Waals surface area contributed by atoms with E-state index in [1.54, 1.807) is 18.2 Å². The third-order valence-corrected chi connectivity index (χ3v) is 9.40. The molecule has 3 aromatic heterocycles. The highest BCUT2D eigenvalue weighted by molar-refractivity contribution is 6.31. The molecule has 0 bridgehead atoms. The smallest absolute Gasteiger partial charge is 0.335 e. The number of nitrogens with one attached hydrogen (secondary N) is 1. The summed E-state index contributed by atoms with van der Waals surface area (Å²) in [5.41, 5.74) is 1.00. The van der Waals surface area contributed by atoms with Gasteiger partial charge in [0.2, 0.25) is 5.88 Å². The van der Waals surface area contributed by atoms with E-state index in [-0.39, 0.29) is 58.1 Å². The lowest BCUT2D eigenvalue weighted by Gasteiger charge is -2.35. The van der Waals surface area contributed by atoms with Crippen LogP contribution in [0.4, 0.5) is 8.78 Å². The van der Waals surface area contributed by atoms with Crippen LogP contribution in [0.3, 0.4) is 0 Å². The molecule has 1 aliphatic carbocycles. The van der Waals surface area contributed by atoms with Crippen LogP contribution in [0.5, 0.6) is 5.88 Å². The van der Waals surface area contributed by atoms with Crippen molar-refractivity contribution in [2.45, 2.75) is 56.9 Å². The molecule has 1 amide bonds. The molecule has 1 saturated carbocycles. The average Bonchev–Trinajstić information content (AvgIpc) is 3.41. The molecule has 2 fully saturated rings. The van der Waals surface area contributed by atoms with Gasteiger partial charge in [-0.15, -0.1) is 0 Å². The molecule has 1 atom stereocenters. The number of carbonyl (C=O) groups excluding carboxylic acids is 1. The summed E-state index contributed by atoms with van der Waals surface area (Å²) in [6.07, 6.45) is 4.12. The van der Waals surface area contributed by atoms with Gasteiger partial charge in [0.1, 0.15) is 35.3 Å². The second-order valence-corrected chi connectivity index (χ2v) is 12.7. The minimum absolute atomic E-state index is 0.0438. The summed E-state index contributed by atoms with van der Waals surface area (Å²) in [5.74, 6) is -2.37. The predicted octanol–water partition coefficient (Wildman–Crippen LogP) is 6.26. The molecule has 0 spiro atoms. The van der Waals surface area contributed by atoms with Gasteiger partial charge in [-0.1, -0.05) is 17.7 Å². The molecule has 5 aromatic rings. The molecule has 50 heavy (non-hydrogen) atoms. The van der Waals surface area contributed by atoms with E-state index in [0.717, 1.165) is 25.0 Å². The van der Waals surface area contributed by atoms with Crippen LogP contribution in [0.25, 0.3) is 22.3 Å². The quantitative estimate of drug-likeness (QED) is 0.163. The summed E-state index contributed by atoms with van der Waals surface area (Å²) in [6.45, 7) is 0.957. The number of nitrogens with zero attached hydrogens (tertiary/aromatic N) is 5. The normalized spacial score (nSPS) is 16.2. The van der Waals surface area contributed by atoms with Crippen molar-refractivity contribution < 1.29 is 33.0 Å². The maximum Gasteiger partial charge on any atom is 0.335 e. The van der Waals surface area contributed by atoms with Crippen molar-refractivity contribution in [3.63, 3.8) is 0 Å². The Kier molecular flexibility index (Phi) is 8.90. The van der Waals surface area contributed by atoms with Crippen molar-refractivity contribution in [1.29, 1.82) is 5.26 Å². The van der Waals surface area contributed by atoms with Gasteiger partial charge in [0.25, 0.3) is 5.91 Å². The number of fused-ring (bicyclic) bond motifs is 1. The molecule has 4 heterocycles. The van der Waals surface area contributed by atoms with E-state index in [1.807, 2.05) is 4.57 Å². The summed E-state index contributed by atoms with van der Waals surface area (Å²) in [5, 5.41) is 21.8. The number of rotatable bonds is 11. The van der Waals surface area contributed by atoms with Crippen molar-refractivity contribution in [2.24, 2.45) is 0 Å². The largest absolute Gasteiger partial charge is 0.478 e. The van der Waals surface area contributed by atoms with E-state index in [2.05, 4.69) is 26.3 Å². The summed E-state index contributed by atoms with van der Waals surface area (Å²) in [7, 11) is 0. The van der Waals surface area contributed by atoms with Crippen LogP contribution >= 0.6 is 11.6 Å². The number of hydrogen-bond donors (Lipinski definition) is 2. The van der Waals surface area contributed by atoms with Crippen LogP contribution in [-0.4, -0.2) is 54.8 Å². The van der Waals surface area contributed by atoms with E-state index in [4.69, 9.17) is 21.1 Å². The Hall–Kier alpha value is -5.45. The number of amides is 1. The Morgan fingerprint density at radius 2 is 1.94 bits per heavy atom. The summed E-state index contributed by atoms with van der Waals surface area (Å²) >= 11 is 6.41. The lowest BCUT2D eigenvalue weighted by Crippen LogP contribution is -2.52. The molecule has 254 valence electrons. The van der Waals surface area contributed by atoms with E-state index >= 15 is 8.78 Å². The minimum atomic E-state index is -1.08. The topological polar surface area (TPSA) is 152 Å². The number of carbonyl (C=O) groups is 2. The van der Waals surface area contributed by atoms with Gasteiger partial charge in [-0.2, -0.15) is 5.26 Å². The number of aromatic nitrogens is 4. The van der Waals surface area contributed by atoms with Gasteiger partial charge in [0.15, 0.2) is 0 Å². The molecule has 2 aliphatic rings. The van der Waals surface area contributed by atoms with Crippen LogP contribution in [0.1, 0.15) is 63.5 Å². The fraction of sp³-hybridized carbons (Fsp3) is 0.278. The van der Waals surface area contributed by atoms with Gasteiger partial charge in [-0.25, -0.2) is 23.5 Å². The zero-order chi connectivity index (χ0) is 35.0. The fourth-order valence-corrected chi connectivity index (χ4v) is 6.14.